The van der Waals surface area contributed by atoms with Gasteiger partial charge in [0.1, 0.15) is 0 Å². The molecule has 2 atom stereocenters. The number of halogens is 1. The van der Waals surface area contributed by atoms with E-state index in [1.165, 1.54) is 24.6 Å². The van der Waals surface area contributed by atoms with Crippen LogP contribution in [0.4, 0.5) is 0 Å². The third kappa shape index (κ3) is 4.66. The van der Waals surface area contributed by atoms with E-state index in [1.54, 1.807) is 22.8 Å². The quantitative estimate of drug-likeness (QED) is 0.588. The minimum absolute atomic E-state index is 0.00510. The molecule has 1 amide bonds. The normalized spacial score (nSPS) is 20.2. The van der Waals surface area contributed by atoms with Gasteiger partial charge in [-0.2, -0.15) is 0 Å². The lowest BCUT2D eigenvalue weighted by molar-refractivity contribution is -0.119. The summed E-state index contributed by atoms with van der Waals surface area (Å²) in [6, 6.07) is 5.30. The maximum absolute atomic E-state index is 12.9. The highest BCUT2D eigenvalue weighted by Gasteiger charge is 2.23. The van der Waals surface area contributed by atoms with Gasteiger partial charge in [0.15, 0.2) is 5.16 Å². The zero-order valence-electron chi connectivity index (χ0n) is 16.0. The van der Waals surface area contributed by atoms with E-state index in [1.807, 2.05) is 13.8 Å². The summed E-state index contributed by atoms with van der Waals surface area (Å²) in [6.45, 7) is 6.08. The van der Waals surface area contributed by atoms with E-state index in [4.69, 9.17) is 11.6 Å². The first kappa shape index (κ1) is 20.2. The van der Waals surface area contributed by atoms with Gasteiger partial charge in [0.25, 0.3) is 5.56 Å². The van der Waals surface area contributed by atoms with Crippen molar-refractivity contribution in [3.05, 3.63) is 33.6 Å². The largest absolute Gasteiger partial charge is 0.352 e. The Morgan fingerprint density at radius 2 is 2.11 bits per heavy atom. The fourth-order valence-corrected chi connectivity index (χ4v) is 4.72. The Morgan fingerprint density at radius 1 is 1.37 bits per heavy atom. The molecule has 7 heteroatoms. The molecule has 0 saturated heterocycles. The number of thioether (sulfide) groups is 1. The SMILES string of the molecule is CC(C)n1c(SCC(=O)N[C@H]2CCCC[C@H]2C)nc2cc(Cl)ccc2c1=O. The smallest absolute Gasteiger partial charge is 0.262 e. The summed E-state index contributed by atoms with van der Waals surface area (Å²) >= 11 is 7.36. The number of nitrogens with one attached hydrogen (secondary N) is 1. The summed E-state index contributed by atoms with van der Waals surface area (Å²) in [7, 11) is 0. The summed E-state index contributed by atoms with van der Waals surface area (Å²) in [5.74, 6) is 0.756. The molecule has 3 rings (SSSR count). The molecule has 0 unspecified atom stereocenters. The zero-order valence-corrected chi connectivity index (χ0v) is 17.6. The average molecular weight is 408 g/mol. The number of hydrogen-bond acceptors (Lipinski definition) is 4. The molecule has 0 aliphatic heterocycles. The van der Waals surface area contributed by atoms with E-state index in [9.17, 15) is 9.59 Å². The molecule has 2 aromatic rings. The Hall–Kier alpha value is -1.53. The Labute approximate surface area is 168 Å². The number of fused-ring (bicyclic) bond motifs is 1. The highest BCUT2D eigenvalue weighted by molar-refractivity contribution is 7.99. The standard InChI is InChI=1S/C20H26ClN3O2S/c1-12(2)24-19(26)15-9-8-14(21)10-17(15)23-20(24)27-11-18(25)22-16-7-5-4-6-13(16)3/h8-10,12-13,16H,4-7,11H2,1-3H3,(H,22,25)/t13-,16+/m1/s1. The topological polar surface area (TPSA) is 64.0 Å². The number of carbonyl (C=O) groups excluding carboxylic acids is 1. The summed E-state index contributed by atoms with van der Waals surface area (Å²) in [5.41, 5.74) is 0.462. The monoisotopic (exact) mass is 407 g/mol. The highest BCUT2D eigenvalue weighted by atomic mass is 35.5. The first-order chi connectivity index (χ1) is 12.9. The van der Waals surface area contributed by atoms with E-state index in [2.05, 4.69) is 17.2 Å². The molecule has 0 bridgehead atoms. The lowest BCUT2D eigenvalue weighted by atomic mass is 9.86. The molecule has 1 fully saturated rings. The molecule has 1 aliphatic carbocycles. The fourth-order valence-electron chi connectivity index (χ4n) is 3.62. The summed E-state index contributed by atoms with van der Waals surface area (Å²) in [5, 5.41) is 4.78. The van der Waals surface area contributed by atoms with Gasteiger partial charge >= 0.3 is 0 Å². The summed E-state index contributed by atoms with van der Waals surface area (Å²) in [4.78, 5) is 29.9. The van der Waals surface area contributed by atoms with Crippen LogP contribution in [0.1, 0.15) is 52.5 Å². The average Bonchev–Trinajstić information content (AvgIpc) is 2.61. The van der Waals surface area contributed by atoms with Crippen molar-refractivity contribution in [1.82, 2.24) is 14.9 Å². The number of nitrogens with zero attached hydrogens (tertiary/aromatic N) is 2. The molecule has 1 N–H and O–H groups in total. The van der Waals surface area contributed by atoms with E-state index in [0.717, 1.165) is 12.8 Å². The second kappa shape index (κ2) is 8.65. The van der Waals surface area contributed by atoms with Crippen molar-refractivity contribution in [2.45, 2.75) is 63.7 Å². The van der Waals surface area contributed by atoms with Crippen molar-refractivity contribution < 1.29 is 4.79 Å². The third-order valence-corrected chi connectivity index (χ3v) is 6.33. The van der Waals surface area contributed by atoms with Crippen LogP contribution in [-0.2, 0) is 4.79 Å². The van der Waals surface area contributed by atoms with Crippen molar-refractivity contribution in [1.29, 1.82) is 0 Å². The van der Waals surface area contributed by atoms with Crippen LogP contribution in [0.15, 0.2) is 28.2 Å². The molecule has 1 saturated carbocycles. The highest BCUT2D eigenvalue weighted by Crippen LogP contribution is 2.25. The Morgan fingerprint density at radius 3 is 2.81 bits per heavy atom. The number of benzene rings is 1. The first-order valence-electron chi connectivity index (χ1n) is 9.50. The van der Waals surface area contributed by atoms with Gasteiger partial charge in [-0.3, -0.25) is 14.2 Å². The zero-order chi connectivity index (χ0) is 19.6. The summed E-state index contributed by atoms with van der Waals surface area (Å²) < 4.78 is 1.65. The van der Waals surface area contributed by atoms with Crippen molar-refractivity contribution in [3.63, 3.8) is 0 Å². The maximum atomic E-state index is 12.9. The van der Waals surface area contributed by atoms with Crippen molar-refractivity contribution in [2.75, 3.05) is 5.75 Å². The molecule has 146 valence electrons. The van der Waals surface area contributed by atoms with Crippen LogP contribution < -0.4 is 10.9 Å². The van der Waals surface area contributed by atoms with Crippen LogP contribution in [0.3, 0.4) is 0 Å². The van der Waals surface area contributed by atoms with Gasteiger partial charge < -0.3 is 5.32 Å². The van der Waals surface area contributed by atoms with Crippen molar-refractivity contribution in [2.24, 2.45) is 5.92 Å². The first-order valence-corrected chi connectivity index (χ1v) is 10.9. The molecular weight excluding hydrogens is 382 g/mol. The van der Waals surface area contributed by atoms with Crippen molar-refractivity contribution in [3.8, 4) is 0 Å². The summed E-state index contributed by atoms with van der Waals surface area (Å²) in [6.07, 6.45) is 4.62. The molecule has 0 radical (unpaired) electrons. The molecule has 0 spiro atoms. The molecule has 1 aromatic heterocycles. The molecule has 27 heavy (non-hydrogen) atoms. The Balaban J connectivity index is 1.80. The second-order valence-corrected chi connectivity index (χ2v) is 8.93. The van der Waals surface area contributed by atoms with Crippen LogP contribution in [0.2, 0.25) is 5.02 Å². The van der Waals surface area contributed by atoms with Gasteiger partial charge in [-0.15, -0.1) is 0 Å². The van der Waals surface area contributed by atoms with Gasteiger partial charge in [-0.1, -0.05) is 43.1 Å². The third-order valence-electron chi connectivity index (χ3n) is 5.14. The Kier molecular flexibility index (Phi) is 6.48. The van der Waals surface area contributed by atoms with Gasteiger partial charge in [0.05, 0.1) is 16.7 Å². The predicted octanol–water partition coefficient (Wildman–Crippen LogP) is 4.42. The predicted molar refractivity (Wildman–Crippen MR) is 112 cm³/mol. The van der Waals surface area contributed by atoms with Gasteiger partial charge in [0, 0.05) is 17.1 Å². The van der Waals surface area contributed by atoms with Crippen molar-refractivity contribution >= 4 is 40.2 Å². The molecule has 1 aliphatic rings. The molecule has 5 nitrogen and oxygen atoms in total. The number of carbonyl (C=O) groups is 1. The van der Waals surface area contributed by atoms with Crippen LogP contribution in [0, 0.1) is 5.92 Å². The van der Waals surface area contributed by atoms with Crippen LogP contribution >= 0.6 is 23.4 Å². The van der Waals surface area contributed by atoms with Gasteiger partial charge in [0.2, 0.25) is 5.91 Å². The minimum Gasteiger partial charge on any atom is -0.352 e. The van der Waals surface area contributed by atoms with E-state index in [-0.39, 0.29) is 29.3 Å². The van der Waals surface area contributed by atoms with Crippen LogP contribution in [-0.4, -0.2) is 27.3 Å². The molecule has 1 heterocycles. The Bertz CT molecular complexity index is 897. The molecular formula is C20H26ClN3O2S. The maximum Gasteiger partial charge on any atom is 0.262 e. The van der Waals surface area contributed by atoms with Gasteiger partial charge in [-0.25, -0.2) is 4.98 Å². The second-order valence-electron chi connectivity index (χ2n) is 7.55. The van der Waals surface area contributed by atoms with Crippen LogP contribution in [0.25, 0.3) is 10.9 Å². The number of amides is 1. The minimum atomic E-state index is -0.101. The lowest BCUT2D eigenvalue weighted by Crippen LogP contribution is -2.42. The van der Waals surface area contributed by atoms with E-state index in [0.29, 0.717) is 27.0 Å². The van der Waals surface area contributed by atoms with Gasteiger partial charge in [-0.05, 0) is 50.8 Å². The number of hydrogen-bond donors (Lipinski definition) is 1. The fraction of sp³-hybridized carbons (Fsp3) is 0.550. The number of aromatic nitrogens is 2. The molecule has 1 aromatic carbocycles. The van der Waals surface area contributed by atoms with E-state index >= 15 is 0 Å². The number of rotatable bonds is 5. The van der Waals surface area contributed by atoms with Crippen LogP contribution in [0.5, 0.6) is 0 Å². The van der Waals surface area contributed by atoms with E-state index < -0.39 is 0 Å². The lowest BCUT2D eigenvalue weighted by Gasteiger charge is -2.29.